The lowest BCUT2D eigenvalue weighted by molar-refractivity contribution is 0.0600. The lowest BCUT2D eigenvalue weighted by atomic mass is 10.2. The van der Waals surface area contributed by atoms with Gasteiger partial charge in [0.15, 0.2) is 11.5 Å². The maximum Gasteiger partial charge on any atom is 0.353 e. The van der Waals surface area contributed by atoms with Gasteiger partial charge in [-0.1, -0.05) is 18.2 Å². The highest BCUT2D eigenvalue weighted by Crippen LogP contribution is 2.31. The van der Waals surface area contributed by atoms with Crippen molar-refractivity contribution in [2.24, 2.45) is 0 Å². The molecule has 122 valence electrons. The van der Waals surface area contributed by atoms with Crippen molar-refractivity contribution in [1.82, 2.24) is 0 Å². The van der Waals surface area contributed by atoms with E-state index in [1.54, 1.807) is 6.07 Å². The van der Waals surface area contributed by atoms with E-state index in [0.717, 1.165) is 10.1 Å². The number of rotatable bonds is 4. The molecule has 0 saturated carbocycles. The number of hydrogen-bond acceptors (Lipinski definition) is 6. The minimum Gasteiger partial charge on any atom is -0.493 e. The molecule has 3 aromatic rings. The first kappa shape index (κ1) is 16.0. The molecule has 1 heterocycles. The van der Waals surface area contributed by atoms with Crippen LogP contribution in [-0.4, -0.2) is 26.2 Å². The fraction of sp³-hybridized carbons (Fsp3) is 0.111. The molecule has 0 atom stereocenters. The van der Waals surface area contributed by atoms with Gasteiger partial charge >= 0.3 is 11.9 Å². The fourth-order valence-electron chi connectivity index (χ4n) is 2.23. The highest BCUT2D eigenvalue weighted by atomic mass is 32.1. The zero-order chi connectivity index (χ0) is 17.1. The van der Waals surface area contributed by atoms with E-state index >= 15 is 0 Å². The molecule has 5 nitrogen and oxygen atoms in total. The lowest BCUT2D eigenvalue weighted by Gasteiger charge is -2.09. The SMILES string of the molecule is COC(=O)c1ccc(OC(=O)c2cc3ccccc3s2)c(OC)c1. The van der Waals surface area contributed by atoms with Gasteiger partial charge in [0.1, 0.15) is 4.88 Å². The Bertz CT molecular complexity index is 880. The topological polar surface area (TPSA) is 61.8 Å². The van der Waals surface area contributed by atoms with Crippen LogP contribution >= 0.6 is 11.3 Å². The first-order chi connectivity index (χ1) is 11.6. The second-order valence-corrected chi connectivity index (χ2v) is 5.98. The van der Waals surface area contributed by atoms with Crippen molar-refractivity contribution in [3.05, 3.63) is 59.0 Å². The summed E-state index contributed by atoms with van der Waals surface area (Å²) < 4.78 is 16.3. The van der Waals surface area contributed by atoms with Crippen LogP contribution < -0.4 is 9.47 Å². The predicted octanol–water partition coefficient (Wildman–Crippen LogP) is 3.92. The van der Waals surface area contributed by atoms with E-state index in [9.17, 15) is 9.59 Å². The van der Waals surface area contributed by atoms with Gasteiger partial charge in [0, 0.05) is 4.70 Å². The Hall–Kier alpha value is -2.86. The predicted molar refractivity (Wildman–Crippen MR) is 91.1 cm³/mol. The molecular weight excluding hydrogens is 328 g/mol. The van der Waals surface area contributed by atoms with E-state index in [1.807, 2.05) is 24.3 Å². The summed E-state index contributed by atoms with van der Waals surface area (Å²) in [6.07, 6.45) is 0. The van der Waals surface area contributed by atoms with Gasteiger partial charge in [-0.2, -0.15) is 0 Å². The van der Waals surface area contributed by atoms with Crippen molar-refractivity contribution in [1.29, 1.82) is 0 Å². The fourth-order valence-corrected chi connectivity index (χ4v) is 3.17. The number of ether oxygens (including phenoxy) is 3. The Morgan fingerprint density at radius 3 is 2.42 bits per heavy atom. The number of thiophene rings is 1. The molecule has 0 aliphatic carbocycles. The van der Waals surface area contributed by atoms with Crippen LogP contribution in [0.3, 0.4) is 0 Å². The lowest BCUT2D eigenvalue weighted by Crippen LogP contribution is -2.08. The van der Waals surface area contributed by atoms with Crippen molar-refractivity contribution in [2.75, 3.05) is 14.2 Å². The number of esters is 2. The van der Waals surface area contributed by atoms with Gasteiger partial charge in [-0.15, -0.1) is 11.3 Å². The van der Waals surface area contributed by atoms with Crippen molar-refractivity contribution in [2.45, 2.75) is 0 Å². The number of carbonyl (C=O) groups excluding carboxylic acids is 2. The molecule has 0 amide bonds. The molecule has 24 heavy (non-hydrogen) atoms. The zero-order valence-corrected chi connectivity index (χ0v) is 13.9. The molecule has 0 aliphatic heterocycles. The normalized spacial score (nSPS) is 10.4. The number of hydrogen-bond donors (Lipinski definition) is 0. The molecule has 2 aromatic carbocycles. The van der Waals surface area contributed by atoms with Crippen LogP contribution in [0.2, 0.25) is 0 Å². The molecule has 0 fully saturated rings. The number of methoxy groups -OCH3 is 2. The average Bonchev–Trinajstić information content (AvgIpc) is 3.05. The Labute approximate surface area is 142 Å². The monoisotopic (exact) mass is 342 g/mol. The molecule has 0 saturated heterocycles. The van der Waals surface area contributed by atoms with Crippen LogP contribution in [-0.2, 0) is 4.74 Å². The van der Waals surface area contributed by atoms with Crippen molar-refractivity contribution < 1.29 is 23.8 Å². The summed E-state index contributed by atoms with van der Waals surface area (Å²) in [4.78, 5) is 24.4. The third-order valence-corrected chi connectivity index (χ3v) is 4.51. The van der Waals surface area contributed by atoms with Crippen molar-refractivity contribution in [3.63, 3.8) is 0 Å². The summed E-state index contributed by atoms with van der Waals surface area (Å²) in [6.45, 7) is 0. The molecule has 0 aliphatic rings. The molecule has 0 bridgehead atoms. The summed E-state index contributed by atoms with van der Waals surface area (Å²) in [6, 6.07) is 14.0. The molecule has 3 rings (SSSR count). The number of carbonyl (C=O) groups is 2. The van der Waals surface area contributed by atoms with E-state index < -0.39 is 11.9 Å². The van der Waals surface area contributed by atoms with E-state index in [-0.39, 0.29) is 11.5 Å². The van der Waals surface area contributed by atoms with Crippen LogP contribution in [0.4, 0.5) is 0 Å². The van der Waals surface area contributed by atoms with Crippen molar-refractivity contribution >= 4 is 33.4 Å². The first-order valence-corrected chi connectivity index (χ1v) is 7.91. The highest BCUT2D eigenvalue weighted by molar-refractivity contribution is 7.20. The van der Waals surface area contributed by atoms with E-state index in [4.69, 9.17) is 9.47 Å². The summed E-state index contributed by atoms with van der Waals surface area (Å²) in [7, 11) is 2.73. The molecule has 6 heteroatoms. The molecule has 1 aromatic heterocycles. The standard InChI is InChI=1S/C18H14O5S/c1-21-14-9-12(17(19)22-2)7-8-13(14)23-18(20)16-10-11-5-3-4-6-15(11)24-16/h3-10H,1-2H3. The molecule has 0 radical (unpaired) electrons. The quantitative estimate of drug-likeness (QED) is 0.531. The first-order valence-electron chi connectivity index (χ1n) is 7.09. The maximum atomic E-state index is 12.4. The van der Waals surface area contributed by atoms with E-state index in [0.29, 0.717) is 10.4 Å². The van der Waals surface area contributed by atoms with Crippen LogP contribution in [0.5, 0.6) is 11.5 Å². The molecule has 0 N–H and O–H groups in total. The van der Waals surface area contributed by atoms with Crippen LogP contribution in [0.25, 0.3) is 10.1 Å². The minimum absolute atomic E-state index is 0.243. The maximum absolute atomic E-state index is 12.4. The summed E-state index contributed by atoms with van der Waals surface area (Å²) in [5, 5.41) is 0.988. The smallest absolute Gasteiger partial charge is 0.353 e. The minimum atomic E-state index is -0.490. The van der Waals surface area contributed by atoms with Crippen LogP contribution in [0, 0.1) is 0 Å². The number of fused-ring (bicyclic) bond motifs is 1. The third kappa shape index (κ3) is 3.09. The third-order valence-electron chi connectivity index (χ3n) is 3.41. The summed E-state index contributed by atoms with van der Waals surface area (Å²) in [5.41, 5.74) is 0.316. The highest BCUT2D eigenvalue weighted by Gasteiger charge is 2.17. The molecule has 0 unspecified atom stereocenters. The Morgan fingerprint density at radius 2 is 1.71 bits per heavy atom. The molecule has 0 spiro atoms. The largest absolute Gasteiger partial charge is 0.493 e. The summed E-state index contributed by atoms with van der Waals surface area (Å²) >= 11 is 1.36. The van der Waals surface area contributed by atoms with Gasteiger partial charge in [-0.3, -0.25) is 0 Å². The van der Waals surface area contributed by atoms with Crippen LogP contribution in [0.15, 0.2) is 48.5 Å². The van der Waals surface area contributed by atoms with Gasteiger partial charge in [0.25, 0.3) is 0 Å². The Kier molecular flexibility index (Phi) is 4.48. The van der Waals surface area contributed by atoms with Gasteiger partial charge in [-0.05, 0) is 35.7 Å². The Morgan fingerprint density at radius 1 is 0.917 bits per heavy atom. The van der Waals surface area contributed by atoms with Gasteiger partial charge < -0.3 is 14.2 Å². The Balaban J connectivity index is 1.86. The van der Waals surface area contributed by atoms with E-state index in [1.165, 1.54) is 43.8 Å². The van der Waals surface area contributed by atoms with Gasteiger partial charge in [0.2, 0.25) is 0 Å². The average molecular weight is 342 g/mol. The zero-order valence-electron chi connectivity index (χ0n) is 13.1. The van der Waals surface area contributed by atoms with Crippen LogP contribution in [0.1, 0.15) is 20.0 Å². The molecular formula is C18H14O5S. The van der Waals surface area contributed by atoms with Gasteiger partial charge in [-0.25, -0.2) is 9.59 Å². The van der Waals surface area contributed by atoms with E-state index in [2.05, 4.69) is 4.74 Å². The second kappa shape index (κ2) is 6.72. The number of benzene rings is 2. The second-order valence-electron chi connectivity index (χ2n) is 4.90. The van der Waals surface area contributed by atoms with Crippen molar-refractivity contribution in [3.8, 4) is 11.5 Å². The summed E-state index contributed by atoms with van der Waals surface area (Å²) in [5.74, 6) is -0.434. The van der Waals surface area contributed by atoms with Gasteiger partial charge in [0.05, 0.1) is 19.8 Å².